The average molecular weight is 371 g/mol. The summed E-state index contributed by atoms with van der Waals surface area (Å²) in [7, 11) is 0. The molecule has 0 radical (unpaired) electrons. The third kappa shape index (κ3) is 15.2. The first-order chi connectivity index (χ1) is 12.5. The van der Waals surface area contributed by atoms with Gasteiger partial charge in [0.2, 0.25) is 0 Å². The first kappa shape index (κ1) is 24.9. The van der Waals surface area contributed by atoms with Crippen LogP contribution in [0.4, 0.5) is 0 Å². The predicted octanol–water partition coefficient (Wildman–Crippen LogP) is 6.67. The van der Waals surface area contributed by atoms with E-state index in [0.717, 1.165) is 19.3 Å². The number of carbonyl (C=O) groups is 2. The molecule has 4 heteroatoms. The van der Waals surface area contributed by atoms with Crippen LogP contribution in [0.3, 0.4) is 0 Å². The Balaban J connectivity index is 3.65. The Morgan fingerprint density at radius 1 is 0.731 bits per heavy atom. The molecule has 0 aliphatic carbocycles. The van der Waals surface area contributed by atoms with Crippen molar-refractivity contribution >= 4 is 11.9 Å². The Hall–Kier alpha value is -1.06. The maximum absolute atomic E-state index is 11.2. The first-order valence-electron chi connectivity index (χ1n) is 11.0. The van der Waals surface area contributed by atoms with E-state index < -0.39 is 17.9 Å². The molecule has 0 aromatic heterocycles. The van der Waals surface area contributed by atoms with Gasteiger partial charge in [-0.3, -0.25) is 9.59 Å². The van der Waals surface area contributed by atoms with E-state index in [9.17, 15) is 14.7 Å². The summed E-state index contributed by atoms with van der Waals surface area (Å²) in [4.78, 5) is 22.0. The van der Waals surface area contributed by atoms with Crippen molar-refractivity contribution in [2.24, 2.45) is 11.8 Å². The van der Waals surface area contributed by atoms with Gasteiger partial charge in [-0.2, -0.15) is 0 Å². The highest BCUT2D eigenvalue weighted by atomic mass is 16.4. The fraction of sp³-hybridized carbons (Fsp3) is 0.909. The second-order valence-corrected chi connectivity index (χ2v) is 7.82. The molecule has 26 heavy (non-hydrogen) atoms. The third-order valence-corrected chi connectivity index (χ3v) is 5.43. The first-order valence-corrected chi connectivity index (χ1v) is 11.0. The van der Waals surface area contributed by atoms with Crippen molar-refractivity contribution in [1.29, 1.82) is 0 Å². The predicted molar refractivity (Wildman–Crippen MR) is 107 cm³/mol. The van der Waals surface area contributed by atoms with E-state index >= 15 is 0 Å². The van der Waals surface area contributed by atoms with Crippen LogP contribution in [-0.2, 0) is 9.59 Å². The van der Waals surface area contributed by atoms with Crippen molar-refractivity contribution in [3.63, 3.8) is 0 Å². The molecule has 2 N–H and O–H groups in total. The van der Waals surface area contributed by atoms with Gasteiger partial charge < -0.3 is 10.2 Å². The van der Waals surface area contributed by atoms with E-state index in [1.807, 2.05) is 0 Å². The van der Waals surface area contributed by atoms with Gasteiger partial charge >= 0.3 is 11.9 Å². The van der Waals surface area contributed by atoms with Gasteiger partial charge in [0.05, 0.1) is 12.3 Å². The molecule has 0 saturated carbocycles. The van der Waals surface area contributed by atoms with E-state index in [1.54, 1.807) is 0 Å². The minimum atomic E-state index is -1.02. The average Bonchev–Trinajstić information content (AvgIpc) is 2.60. The zero-order valence-corrected chi connectivity index (χ0v) is 17.2. The Morgan fingerprint density at radius 3 is 1.58 bits per heavy atom. The highest BCUT2D eigenvalue weighted by molar-refractivity contribution is 5.77. The summed E-state index contributed by atoms with van der Waals surface area (Å²) in [5, 5.41) is 18.0. The topological polar surface area (TPSA) is 74.6 Å². The molecule has 0 heterocycles. The summed E-state index contributed by atoms with van der Waals surface area (Å²) >= 11 is 0. The van der Waals surface area contributed by atoms with Crippen LogP contribution in [-0.4, -0.2) is 22.2 Å². The number of hydrogen-bond donors (Lipinski definition) is 2. The van der Waals surface area contributed by atoms with E-state index in [1.165, 1.54) is 70.6 Å². The fourth-order valence-electron chi connectivity index (χ4n) is 3.65. The number of aliphatic carboxylic acids is 2. The van der Waals surface area contributed by atoms with Gasteiger partial charge in [-0.05, 0) is 12.3 Å². The monoisotopic (exact) mass is 370 g/mol. The number of carboxylic acids is 2. The van der Waals surface area contributed by atoms with E-state index in [-0.39, 0.29) is 6.42 Å². The molecular formula is C22H42O4. The lowest BCUT2D eigenvalue weighted by atomic mass is 9.87. The van der Waals surface area contributed by atoms with Crippen LogP contribution in [0.5, 0.6) is 0 Å². The van der Waals surface area contributed by atoms with Crippen molar-refractivity contribution in [2.45, 2.75) is 117 Å². The van der Waals surface area contributed by atoms with Crippen LogP contribution >= 0.6 is 0 Å². The number of carboxylic acid groups (broad SMARTS) is 2. The molecule has 0 spiro atoms. The molecule has 0 saturated heterocycles. The molecule has 154 valence electrons. The van der Waals surface area contributed by atoms with Crippen LogP contribution in [0.25, 0.3) is 0 Å². The summed E-state index contributed by atoms with van der Waals surface area (Å²) < 4.78 is 0. The molecule has 0 rings (SSSR count). The number of hydrogen-bond acceptors (Lipinski definition) is 2. The Bertz CT molecular complexity index is 354. The zero-order valence-electron chi connectivity index (χ0n) is 17.2. The van der Waals surface area contributed by atoms with Crippen molar-refractivity contribution in [2.75, 3.05) is 0 Å². The highest BCUT2D eigenvalue weighted by Gasteiger charge is 2.24. The molecule has 4 nitrogen and oxygen atoms in total. The molecule has 2 atom stereocenters. The Morgan fingerprint density at radius 2 is 1.19 bits per heavy atom. The van der Waals surface area contributed by atoms with Crippen LogP contribution in [0, 0.1) is 11.8 Å². The lowest BCUT2D eigenvalue weighted by molar-refractivity contribution is -0.148. The molecule has 2 unspecified atom stereocenters. The van der Waals surface area contributed by atoms with Crippen LogP contribution in [0.2, 0.25) is 0 Å². The molecule has 0 aliphatic heterocycles. The molecule has 0 fully saturated rings. The smallest absolute Gasteiger partial charge is 0.307 e. The van der Waals surface area contributed by atoms with Gasteiger partial charge in [0.1, 0.15) is 0 Å². The molecule has 0 bridgehead atoms. The third-order valence-electron chi connectivity index (χ3n) is 5.43. The highest BCUT2D eigenvalue weighted by Crippen LogP contribution is 2.24. The quantitative estimate of drug-likeness (QED) is 0.249. The molecule has 0 aliphatic rings. The van der Waals surface area contributed by atoms with E-state index in [0.29, 0.717) is 12.3 Å². The second-order valence-electron chi connectivity index (χ2n) is 7.82. The summed E-state index contributed by atoms with van der Waals surface area (Å²) in [6.07, 6.45) is 18.1. The molecule has 0 amide bonds. The summed E-state index contributed by atoms with van der Waals surface area (Å²) in [5.74, 6) is -2.40. The standard InChI is InChI=1S/C22H42O4/c1-3-5-6-7-8-9-10-11-12-13-14-15-16-19(4-2)17-20(22(25)26)18-21(23)24/h19-20H,3-18H2,1-2H3,(H,23,24)(H,25,26). The lowest BCUT2D eigenvalue weighted by Crippen LogP contribution is -2.21. The van der Waals surface area contributed by atoms with Crippen molar-refractivity contribution in [3.8, 4) is 0 Å². The van der Waals surface area contributed by atoms with Gasteiger partial charge in [-0.15, -0.1) is 0 Å². The van der Waals surface area contributed by atoms with Crippen molar-refractivity contribution < 1.29 is 19.8 Å². The Labute approximate surface area is 160 Å². The number of rotatable bonds is 19. The van der Waals surface area contributed by atoms with E-state index in [4.69, 9.17) is 5.11 Å². The maximum atomic E-state index is 11.2. The van der Waals surface area contributed by atoms with Crippen LogP contribution in [0.1, 0.15) is 117 Å². The SMILES string of the molecule is CCCCCCCCCCCCCCC(CC)CC(CC(=O)O)C(=O)O. The van der Waals surface area contributed by atoms with Crippen molar-refractivity contribution in [3.05, 3.63) is 0 Å². The minimum absolute atomic E-state index is 0.260. The van der Waals surface area contributed by atoms with Gasteiger partial charge in [0, 0.05) is 0 Å². The second kappa shape index (κ2) is 17.4. The molecule has 0 aromatic rings. The number of unbranched alkanes of at least 4 members (excludes halogenated alkanes) is 11. The maximum Gasteiger partial charge on any atom is 0.307 e. The van der Waals surface area contributed by atoms with Gasteiger partial charge in [-0.1, -0.05) is 104 Å². The molecule has 0 aromatic carbocycles. The van der Waals surface area contributed by atoms with Gasteiger partial charge in [0.25, 0.3) is 0 Å². The largest absolute Gasteiger partial charge is 0.481 e. The normalized spacial score (nSPS) is 13.5. The fourth-order valence-corrected chi connectivity index (χ4v) is 3.65. The summed E-state index contributed by atoms with van der Waals surface area (Å²) in [6, 6.07) is 0. The summed E-state index contributed by atoms with van der Waals surface area (Å²) in [6.45, 7) is 4.33. The van der Waals surface area contributed by atoms with Crippen LogP contribution in [0.15, 0.2) is 0 Å². The lowest BCUT2D eigenvalue weighted by Gasteiger charge is -2.18. The van der Waals surface area contributed by atoms with E-state index in [2.05, 4.69) is 13.8 Å². The zero-order chi connectivity index (χ0) is 19.6. The van der Waals surface area contributed by atoms with Gasteiger partial charge in [0.15, 0.2) is 0 Å². The summed E-state index contributed by atoms with van der Waals surface area (Å²) in [5.41, 5.74) is 0. The van der Waals surface area contributed by atoms with Gasteiger partial charge in [-0.25, -0.2) is 0 Å². The Kier molecular flexibility index (Phi) is 16.7. The van der Waals surface area contributed by atoms with Crippen LogP contribution < -0.4 is 0 Å². The van der Waals surface area contributed by atoms with Crippen molar-refractivity contribution in [1.82, 2.24) is 0 Å². The minimum Gasteiger partial charge on any atom is -0.481 e. The molecular weight excluding hydrogens is 328 g/mol.